The van der Waals surface area contributed by atoms with Gasteiger partial charge in [0.25, 0.3) is 5.71 Å². The Morgan fingerprint density at radius 2 is 2.10 bits per heavy atom. The van der Waals surface area contributed by atoms with Gasteiger partial charge in [-0.2, -0.15) is 13.2 Å². The molecule has 31 heavy (non-hydrogen) atoms. The predicted molar refractivity (Wildman–Crippen MR) is 105 cm³/mol. The van der Waals surface area contributed by atoms with Crippen LogP contribution in [0, 0.1) is 6.92 Å². The molecule has 1 atom stereocenters. The van der Waals surface area contributed by atoms with E-state index in [1.807, 2.05) is 0 Å². The van der Waals surface area contributed by atoms with Crippen molar-refractivity contribution in [3.05, 3.63) is 23.0 Å². The SMILES string of the molecule is Cc1cc(C(F)(F)F)c2c([C@H]3CCCN(C(=O)CCCN4CCCC4=O)C3)noc2n1. The van der Waals surface area contributed by atoms with Crippen LogP contribution in [0.15, 0.2) is 10.6 Å². The van der Waals surface area contributed by atoms with Gasteiger partial charge in [-0.05, 0) is 38.7 Å². The van der Waals surface area contributed by atoms with E-state index in [0.717, 1.165) is 19.0 Å². The molecule has 7 nitrogen and oxygen atoms in total. The summed E-state index contributed by atoms with van der Waals surface area (Å²) in [7, 11) is 0. The fourth-order valence-electron chi connectivity index (χ4n) is 4.55. The number of hydrogen-bond acceptors (Lipinski definition) is 5. The monoisotopic (exact) mass is 438 g/mol. The van der Waals surface area contributed by atoms with Crippen molar-refractivity contribution >= 4 is 22.9 Å². The number of alkyl halides is 3. The molecule has 10 heteroatoms. The zero-order valence-electron chi connectivity index (χ0n) is 17.4. The summed E-state index contributed by atoms with van der Waals surface area (Å²) in [6, 6.07) is 1.01. The smallest absolute Gasteiger partial charge is 0.343 e. The molecule has 0 aliphatic carbocycles. The molecule has 2 aliphatic rings. The minimum absolute atomic E-state index is 0.0471. The second-order valence-corrected chi connectivity index (χ2v) is 8.32. The van der Waals surface area contributed by atoms with Crippen LogP contribution >= 0.6 is 0 Å². The second-order valence-electron chi connectivity index (χ2n) is 8.32. The lowest BCUT2D eigenvalue weighted by atomic mass is 9.91. The third-order valence-corrected chi connectivity index (χ3v) is 6.06. The highest BCUT2D eigenvalue weighted by atomic mass is 19.4. The first-order valence-corrected chi connectivity index (χ1v) is 10.6. The maximum absolute atomic E-state index is 13.6. The van der Waals surface area contributed by atoms with E-state index in [0.29, 0.717) is 51.7 Å². The Labute approximate surface area is 177 Å². The lowest BCUT2D eigenvalue weighted by Gasteiger charge is -2.32. The molecular formula is C21H25F3N4O3. The van der Waals surface area contributed by atoms with Crippen LogP contribution in [0.3, 0.4) is 0 Å². The quantitative estimate of drug-likeness (QED) is 0.712. The third kappa shape index (κ3) is 4.52. The van der Waals surface area contributed by atoms with Gasteiger partial charge >= 0.3 is 6.18 Å². The molecule has 0 spiro atoms. The van der Waals surface area contributed by atoms with Crippen molar-refractivity contribution in [2.75, 3.05) is 26.2 Å². The molecule has 168 valence electrons. The highest BCUT2D eigenvalue weighted by Crippen LogP contribution is 2.40. The van der Waals surface area contributed by atoms with Gasteiger partial charge in [0.05, 0.1) is 16.6 Å². The highest BCUT2D eigenvalue weighted by Gasteiger charge is 2.38. The molecule has 4 heterocycles. The standard InChI is InChI=1S/C21H25F3N4O3/c1-13-11-15(21(22,23)24)18-19(26-31-20(18)25-13)14-5-2-10-28(12-14)17(30)7-4-9-27-8-3-6-16(27)29/h11,14H,2-10,12H2,1H3/t14-/m0/s1. The van der Waals surface area contributed by atoms with Crippen molar-refractivity contribution in [2.24, 2.45) is 0 Å². The summed E-state index contributed by atoms with van der Waals surface area (Å²) in [6.45, 7) is 3.65. The van der Waals surface area contributed by atoms with Crippen molar-refractivity contribution < 1.29 is 27.3 Å². The Bertz CT molecular complexity index is 988. The van der Waals surface area contributed by atoms with Gasteiger partial charge in [0.1, 0.15) is 0 Å². The van der Waals surface area contributed by atoms with E-state index in [1.165, 1.54) is 6.92 Å². The molecule has 0 aromatic carbocycles. The lowest BCUT2D eigenvalue weighted by molar-refractivity contribution is -0.136. The average Bonchev–Trinajstić information content (AvgIpc) is 3.32. The van der Waals surface area contributed by atoms with Crippen LogP contribution in [0.2, 0.25) is 0 Å². The lowest BCUT2D eigenvalue weighted by Crippen LogP contribution is -2.39. The zero-order valence-corrected chi connectivity index (χ0v) is 17.4. The van der Waals surface area contributed by atoms with Gasteiger partial charge in [-0.15, -0.1) is 0 Å². The maximum Gasteiger partial charge on any atom is 0.417 e. The number of halogens is 3. The summed E-state index contributed by atoms with van der Waals surface area (Å²) >= 11 is 0. The summed E-state index contributed by atoms with van der Waals surface area (Å²) in [6.07, 6.45) is -0.925. The summed E-state index contributed by atoms with van der Waals surface area (Å²) in [5, 5.41) is 3.82. The Morgan fingerprint density at radius 1 is 1.29 bits per heavy atom. The van der Waals surface area contributed by atoms with Crippen LogP contribution in [-0.2, 0) is 15.8 Å². The first kappa shape index (κ1) is 21.6. The summed E-state index contributed by atoms with van der Waals surface area (Å²) in [5.74, 6) is -0.258. The van der Waals surface area contributed by atoms with Gasteiger partial charge in [0, 0.05) is 50.6 Å². The second kappa shape index (κ2) is 8.47. The minimum atomic E-state index is -4.55. The fourth-order valence-corrected chi connectivity index (χ4v) is 4.55. The number of pyridine rings is 1. The number of piperidine rings is 1. The molecule has 2 amide bonds. The van der Waals surface area contributed by atoms with Crippen LogP contribution < -0.4 is 0 Å². The van der Waals surface area contributed by atoms with Crippen molar-refractivity contribution in [2.45, 2.75) is 57.5 Å². The summed E-state index contributed by atoms with van der Waals surface area (Å²) < 4.78 is 46.0. The Morgan fingerprint density at radius 3 is 2.81 bits per heavy atom. The number of fused-ring (bicyclic) bond motifs is 1. The topological polar surface area (TPSA) is 79.5 Å². The number of aryl methyl sites for hydroxylation is 1. The zero-order chi connectivity index (χ0) is 22.2. The van der Waals surface area contributed by atoms with Gasteiger partial charge in [-0.1, -0.05) is 5.16 Å². The number of carbonyl (C=O) groups is 2. The van der Waals surface area contributed by atoms with E-state index in [1.54, 1.807) is 9.80 Å². The molecule has 2 aromatic heterocycles. The largest absolute Gasteiger partial charge is 0.417 e. The van der Waals surface area contributed by atoms with Crippen molar-refractivity contribution in [3.8, 4) is 0 Å². The summed E-state index contributed by atoms with van der Waals surface area (Å²) in [4.78, 5) is 31.9. The van der Waals surface area contributed by atoms with Gasteiger partial charge in [-0.3, -0.25) is 9.59 Å². The van der Waals surface area contributed by atoms with Gasteiger partial charge < -0.3 is 14.3 Å². The van der Waals surface area contributed by atoms with E-state index < -0.39 is 11.7 Å². The maximum atomic E-state index is 13.6. The number of amides is 2. The molecule has 0 radical (unpaired) electrons. The number of hydrogen-bond donors (Lipinski definition) is 0. The Balaban J connectivity index is 1.46. The Hall–Kier alpha value is -2.65. The van der Waals surface area contributed by atoms with Crippen LogP contribution in [0.4, 0.5) is 13.2 Å². The van der Waals surface area contributed by atoms with Crippen molar-refractivity contribution in [1.29, 1.82) is 0 Å². The van der Waals surface area contributed by atoms with Gasteiger partial charge in [-0.25, -0.2) is 4.98 Å². The van der Waals surface area contributed by atoms with E-state index in [9.17, 15) is 22.8 Å². The molecule has 0 N–H and O–H groups in total. The Kier molecular flexibility index (Phi) is 5.90. The number of nitrogens with zero attached hydrogens (tertiary/aromatic N) is 4. The van der Waals surface area contributed by atoms with Crippen LogP contribution in [-0.4, -0.2) is 57.9 Å². The molecule has 0 unspecified atom stereocenters. The number of carbonyl (C=O) groups excluding carboxylic acids is 2. The molecule has 2 aromatic rings. The van der Waals surface area contributed by atoms with E-state index in [4.69, 9.17) is 4.52 Å². The molecule has 0 saturated carbocycles. The van der Waals surface area contributed by atoms with Crippen molar-refractivity contribution in [1.82, 2.24) is 19.9 Å². The molecule has 0 bridgehead atoms. The molecule has 2 saturated heterocycles. The molecule has 2 aliphatic heterocycles. The molecule has 4 rings (SSSR count). The van der Waals surface area contributed by atoms with Crippen LogP contribution in [0.1, 0.15) is 61.4 Å². The first-order valence-electron chi connectivity index (χ1n) is 10.6. The predicted octanol–water partition coefficient (Wildman–Crippen LogP) is 3.66. The van der Waals surface area contributed by atoms with Gasteiger partial charge in [0.15, 0.2) is 0 Å². The summed E-state index contributed by atoms with van der Waals surface area (Å²) in [5.41, 5.74) is -0.500. The average molecular weight is 438 g/mol. The molecule has 2 fully saturated rings. The van der Waals surface area contributed by atoms with E-state index >= 15 is 0 Å². The minimum Gasteiger partial charge on any atom is -0.343 e. The fraction of sp³-hybridized carbons (Fsp3) is 0.619. The molecular weight excluding hydrogens is 413 g/mol. The van der Waals surface area contributed by atoms with Crippen LogP contribution in [0.5, 0.6) is 0 Å². The van der Waals surface area contributed by atoms with E-state index in [2.05, 4.69) is 10.1 Å². The number of aromatic nitrogens is 2. The third-order valence-electron chi connectivity index (χ3n) is 6.06. The number of likely N-dealkylation sites (tertiary alicyclic amines) is 2. The number of rotatable bonds is 5. The van der Waals surface area contributed by atoms with Crippen LogP contribution in [0.25, 0.3) is 11.1 Å². The van der Waals surface area contributed by atoms with Gasteiger partial charge in [0.2, 0.25) is 11.8 Å². The van der Waals surface area contributed by atoms with Crippen molar-refractivity contribution in [3.63, 3.8) is 0 Å². The first-order chi connectivity index (χ1) is 14.7. The highest BCUT2D eigenvalue weighted by molar-refractivity contribution is 5.82. The van der Waals surface area contributed by atoms with E-state index in [-0.39, 0.29) is 40.2 Å². The normalized spacial score (nSPS) is 20.1.